The number of thiophene rings is 1. The molecule has 0 bridgehead atoms. The third-order valence-electron chi connectivity index (χ3n) is 3.88. The number of rotatable bonds is 4. The first-order chi connectivity index (χ1) is 11.2. The quantitative estimate of drug-likeness (QED) is 0.779. The van der Waals surface area contributed by atoms with Gasteiger partial charge in [-0.3, -0.25) is 4.79 Å². The van der Waals surface area contributed by atoms with E-state index in [0.717, 1.165) is 29.1 Å². The summed E-state index contributed by atoms with van der Waals surface area (Å²) in [6.45, 7) is 1.92. The molecule has 1 aliphatic carbocycles. The van der Waals surface area contributed by atoms with Crippen molar-refractivity contribution in [2.45, 2.75) is 25.7 Å². The van der Waals surface area contributed by atoms with Crippen LogP contribution in [-0.2, 0) is 0 Å². The summed E-state index contributed by atoms with van der Waals surface area (Å²) in [7, 11) is 0. The molecule has 0 radical (unpaired) electrons. The van der Waals surface area contributed by atoms with Crippen molar-refractivity contribution in [1.82, 2.24) is 10.1 Å². The highest BCUT2D eigenvalue weighted by Gasteiger charge is 2.29. The van der Waals surface area contributed by atoms with Gasteiger partial charge in [-0.2, -0.15) is 4.98 Å². The minimum absolute atomic E-state index is 0.135. The highest BCUT2D eigenvalue weighted by atomic mass is 32.1. The number of anilines is 1. The van der Waals surface area contributed by atoms with Gasteiger partial charge in [0.2, 0.25) is 0 Å². The van der Waals surface area contributed by atoms with Crippen molar-refractivity contribution in [2.24, 2.45) is 0 Å². The lowest BCUT2D eigenvalue weighted by Crippen LogP contribution is -2.13. The molecule has 1 aliphatic rings. The lowest BCUT2D eigenvalue weighted by molar-refractivity contribution is 0.102. The summed E-state index contributed by atoms with van der Waals surface area (Å²) in [5, 5.41) is 8.89. The summed E-state index contributed by atoms with van der Waals surface area (Å²) in [5.74, 6) is 1.55. The average molecular weight is 325 g/mol. The second kappa shape index (κ2) is 5.62. The molecule has 4 rings (SSSR count). The monoisotopic (exact) mass is 325 g/mol. The zero-order chi connectivity index (χ0) is 15.8. The van der Waals surface area contributed by atoms with E-state index < -0.39 is 0 Å². The first kappa shape index (κ1) is 14.1. The molecule has 5 nitrogen and oxygen atoms in total. The Labute approximate surface area is 137 Å². The molecule has 23 heavy (non-hydrogen) atoms. The van der Waals surface area contributed by atoms with E-state index in [9.17, 15) is 4.79 Å². The van der Waals surface area contributed by atoms with Gasteiger partial charge >= 0.3 is 0 Å². The normalized spacial score (nSPS) is 14.0. The molecule has 1 amide bonds. The summed E-state index contributed by atoms with van der Waals surface area (Å²) in [6.07, 6.45) is 2.25. The van der Waals surface area contributed by atoms with E-state index >= 15 is 0 Å². The van der Waals surface area contributed by atoms with Crippen LogP contribution in [0, 0.1) is 6.92 Å². The predicted molar refractivity (Wildman–Crippen MR) is 88.7 cm³/mol. The zero-order valence-electron chi connectivity index (χ0n) is 12.6. The van der Waals surface area contributed by atoms with Gasteiger partial charge in [0, 0.05) is 11.5 Å². The van der Waals surface area contributed by atoms with Crippen LogP contribution >= 0.6 is 11.3 Å². The molecule has 116 valence electrons. The van der Waals surface area contributed by atoms with Gasteiger partial charge in [-0.15, -0.1) is 11.3 Å². The van der Waals surface area contributed by atoms with Crippen LogP contribution in [0.4, 0.5) is 5.69 Å². The number of amides is 1. The van der Waals surface area contributed by atoms with Crippen LogP contribution < -0.4 is 5.32 Å². The van der Waals surface area contributed by atoms with Crippen LogP contribution in [-0.4, -0.2) is 16.0 Å². The van der Waals surface area contributed by atoms with Gasteiger partial charge in [-0.25, -0.2) is 0 Å². The van der Waals surface area contributed by atoms with E-state index in [0.29, 0.717) is 23.1 Å². The molecule has 0 saturated heterocycles. The SMILES string of the molecule is Cc1ccccc1C(=O)Nc1ccsc1-c1nc(C2CC2)no1. The molecule has 6 heteroatoms. The fraction of sp³-hybridized carbons (Fsp3) is 0.235. The Morgan fingerprint density at radius 1 is 1.30 bits per heavy atom. The number of carbonyl (C=O) groups is 1. The van der Waals surface area contributed by atoms with Crippen LogP contribution in [0.5, 0.6) is 0 Å². The molecule has 0 aliphatic heterocycles. The van der Waals surface area contributed by atoms with E-state index in [4.69, 9.17) is 4.52 Å². The van der Waals surface area contributed by atoms with E-state index in [1.165, 1.54) is 11.3 Å². The predicted octanol–water partition coefficient (Wildman–Crippen LogP) is 4.24. The van der Waals surface area contributed by atoms with E-state index in [-0.39, 0.29) is 5.91 Å². The number of benzene rings is 1. The van der Waals surface area contributed by atoms with Crippen molar-refractivity contribution in [3.63, 3.8) is 0 Å². The number of hydrogen-bond donors (Lipinski definition) is 1. The highest BCUT2D eigenvalue weighted by Crippen LogP contribution is 2.40. The number of aromatic nitrogens is 2. The zero-order valence-corrected chi connectivity index (χ0v) is 13.4. The molecular formula is C17H15N3O2S. The van der Waals surface area contributed by atoms with E-state index in [1.54, 1.807) is 0 Å². The average Bonchev–Trinajstić information content (AvgIpc) is 3.10. The number of hydrogen-bond acceptors (Lipinski definition) is 5. The van der Waals surface area contributed by atoms with Crippen LogP contribution in [0.3, 0.4) is 0 Å². The van der Waals surface area contributed by atoms with Gasteiger partial charge < -0.3 is 9.84 Å². The molecular weight excluding hydrogens is 310 g/mol. The molecule has 0 atom stereocenters. The lowest BCUT2D eigenvalue weighted by atomic mass is 10.1. The topological polar surface area (TPSA) is 68.0 Å². The third kappa shape index (κ3) is 2.77. The van der Waals surface area contributed by atoms with Crippen LogP contribution in [0.25, 0.3) is 10.8 Å². The molecule has 3 aromatic rings. The summed E-state index contributed by atoms with van der Waals surface area (Å²) in [4.78, 5) is 17.7. The van der Waals surface area contributed by atoms with Crippen molar-refractivity contribution in [3.05, 3.63) is 52.7 Å². The molecule has 0 unspecified atom stereocenters. The van der Waals surface area contributed by atoms with Gasteiger partial charge in [0.25, 0.3) is 11.8 Å². The van der Waals surface area contributed by atoms with Crippen LogP contribution in [0.1, 0.15) is 40.5 Å². The first-order valence-corrected chi connectivity index (χ1v) is 8.39. The summed E-state index contributed by atoms with van der Waals surface area (Å²) < 4.78 is 5.36. The maximum Gasteiger partial charge on any atom is 0.270 e. The molecule has 1 N–H and O–H groups in total. The van der Waals surface area contributed by atoms with Gasteiger partial charge in [0.1, 0.15) is 4.88 Å². The van der Waals surface area contributed by atoms with E-state index in [1.807, 2.05) is 42.6 Å². The molecule has 2 heterocycles. The largest absolute Gasteiger partial charge is 0.333 e. The summed E-state index contributed by atoms with van der Waals surface area (Å²) in [5.41, 5.74) is 2.30. The Hall–Kier alpha value is -2.47. The Bertz CT molecular complexity index is 864. The van der Waals surface area contributed by atoms with E-state index in [2.05, 4.69) is 15.5 Å². The lowest BCUT2D eigenvalue weighted by Gasteiger charge is -2.07. The molecule has 0 spiro atoms. The first-order valence-electron chi connectivity index (χ1n) is 7.51. The van der Waals surface area contributed by atoms with Crippen molar-refractivity contribution in [1.29, 1.82) is 0 Å². The van der Waals surface area contributed by atoms with Crippen LogP contribution in [0.2, 0.25) is 0 Å². The standard InChI is InChI=1S/C17H15N3O2S/c1-10-4-2-3-5-12(10)16(21)18-13-8-9-23-14(13)17-19-15(20-22-17)11-6-7-11/h2-5,8-9,11H,6-7H2,1H3,(H,18,21). The molecule has 1 saturated carbocycles. The van der Waals surface area contributed by atoms with Gasteiger partial charge in [-0.05, 0) is 42.8 Å². The minimum atomic E-state index is -0.135. The Balaban J connectivity index is 1.59. The number of nitrogens with one attached hydrogen (secondary N) is 1. The summed E-state index contributed by atoms with van der Waals surface area (Å²) in [6, 6.07) is 9.37. The molecule has 1 fully saturated rings. The number of carbonyl (C=O) groups excluding carboxylic acids is 1. The fourth-order valence-corrected chi connectivity index (χ4v) is 3.20. The Morgan fingerprint density at radius 2 is 2.13 bits per heavy atom. The van der Waals surface area contributed by atoms with Crippen molar-refractivity contribution in [3.8, 4) is 10.8 Å². The van der Waals surface area contributed by atoms with Crippen LogP contribution in [0.15, 0.2) is 40.2 Å². The Kier molecular flexibility index (Phi) is 3.46. The maximum absolute atomic E-state index is 12.5. The second-order valence-corrected chi connectivity index (χ2v) is 6.58. The highest BCUT2D eigenvalue weighted by molar-refractivity contribution is 7.14. The molecule has 2 aromatic heterocycles. The number of nitrogens with zero attached hydrogens (tertiary/aromatic N) is 2. The van der Waals surface area contributed by atoms with Gasteiger partial charge in [0.15, 0.2) is 5.82 Å². The molecule has 1 aromatic carbocycles. The van der Waals surface area contributed by atoms with Crippen molar-refractivity contribution < 1.29 is 9.32 Å². The van der Waals surface area contributed by atoms with Crippen molar-refractivity contribution in [2.75, 3.05) is 5.32 Å². The third-order valence-corrected chi connectivity index (χ3v) is 4.78. The summed E-state index contributed by atoms with van der Waals surface area (Å²) >= 11 is 1.48. The van der Waals surface area contributed by atoms with Crippen molar-refractivity contribution >= 4 is 22.9 Å². The fourth-order valence-electron chi connectivity index (χ4n) is 2.43. The smallest absolute Gasteiger partial charge is 0.270 e. The minimum Gasteiger partial charge on any atom is -0.333 e. The number of aryl methyl sites for hydroxylation is 1. The maximum atomic E-state index is 12.5. The van der Waals surface area contributed by atoms with Gasteiger partial charge in [-0.1, -0.05) is 23.4 Å². The van der Waals surface area contributed by atoms with Gasteiger partial charge in [0.05, 0.1) is 5.69 Å². The Morgan fingerprint density at radius 3 is 2.91 bits per heavy atom. The second-order valence-electron chi connectivity index (χ2n) is 5.66.